The predicted octanol–water partition coefficient (Wildman–Crippen LogP) is 3.60. The molecule has 0 bridgehead atoms. The number of nitrogen functional groups attached to an aromatic ring is 1. The van der Waals surface area contributed by atoms with E-state index in [0.717, 1.165) is 27.3 Å². The molecule has 0 fully saturated rings. The Morgan fingerprint density at radius 2 is 1.88 bits per heavy atom. The first-order valence-corrected chi connectivity index (χ1v) is 5.44. The van der Waals surface area contributed by atoms with Gasteiger partial charge in [-0.25, -0.2) is 4.98 Å². The van der Waals surface area contributed by atoms with E-state index in [0.29, 0.717) is 5.82 Å². The first kappa shape index (κ1) is 11.0. The van der Waals surface area contributed by atoms with Crippen molar-refractivity contribution in [1.29, 1.82) is 0 Å². The van der Waals surface area contributed by atoms with Gasteiger partial charge in [0.15, 0.2) is 0 Å². The van der Waals surface area contributed by atoms with E-state index in [2.05, 4.69) is 11.1 Å². The lowest BCUT2D eigenvalue weighted by molar-refractivity contribution is 1.32. The maximum atomic E-state index is 6.07. The summed E-state index contributed by atoms with van der Waals surface area (Å²) >= 11 is 6.07. The third-order valence-electron chi connectivity index (χ3n) is 2.60. The molecule has 0 atom stereocenters. The second-order valence-corrected chi connectivity index (χ2v) is 4.29. The van der Waals surface area contributed by atoms with Gasteiger partial charge in [-0.05, 0) is 60.4 Å². The molecule has 0 saturated carbocycles. The lowest BCUT2D eigenvalue weighted by atomic mass is 9.99. The predicted molar refractivity (Wildman–Crippen MR) is 68.6 cm³/mol. The van der Waals surface area contributed by atoms with Crippen molar-refractivity contribution < 1.29 is 0 Å². The molecular formula is C13H13ClN2. The number of aromatic nitrogens is 1. The molecule has 2 aromatic rings. The number of halogens is 1. The van der Waals surface area contributed by atoms with E-state index in [9.17, 15) is 0 Å². The lowest BCUT2D eigenvalue weighted by Crippen LogP contribution is -1.91. The average Bonchev–Trinajstić information content (AvgIpc) is 2.23. The molecule has 0 spiro atoms. The van der Waals surface area contributed by atoms with E-state index in [1.165, 1.54) is 0 Å². The first-order chi connectivity index (χ1) is 7.58. The zero-order chi connectivity index (χ0) is 11.7. The maximum absolute atomic E-state index is 6.07. The van der Waals surface area contributed by atoms with Crippen molar-refractivity contribution in [2.24, 2.45) is 0 Å². The zero-order valence-corrected chi connectivity index (χ0v) is 10.0. The number of aryl methyl sites for hydroxylation is 2. The summed E-state index contributed by atoms with van der Waals surface area (Å²) in [5.41, 5.74) is 10.1. The summed E-state index contributed by atoms with van der Waals surface area (Å²) < 4.78 is 0. The number of benzene rings is 1. The highest BCUT2D eigenvalue weighted by atomic mass is 35.5. The van der Waals surface area contributed by atoms with E-state index >= 15 is 0 Å². The highest BCUT2D eigenvalue weighted by molar-refractivity contribution is 6.31. The molecule has 0 aliphatic heterocycles. The molecule has 16 heavy (non-hydrogen) atoms. The maximum Gasteiger partial charge on any atom is 0.123 e. The van der Waals surface area contributed by atoms with Crippen molar-refractivity contribution in [3.05, 3.63) is 46.6 Å². The van der Waals surface area contributed by atoms with Crippen molar-refractivity contribution in [3.8, 4) is 11.1 Å². The molecule has 0 radical (unpaired) electrons. The van der Waals surface area contributed by atoms with Gasteiger partial charge >= 0.3 is 0 Å². The fraction of sp³-hybridized carbons (Fsp3) is 0.154. The summed E-state index contributed by atoms with van der Waals surface area (Å²) in [6.45, 7) is 4.03. The molecule has 0 unspecified atom stereocenters. The normalized spacial score (nSPS) is 10.4. The van der Waals surface area contributed by atoms with E-state index in [1.54, 1.807) is 6.20 Å². The van der Waals surface area contributed by atoms with Crippen molar-refractivity contribution in [2.75, 3.05) is 5.73 Å². The van der Waals surface area contributed by atoms with Gasteiger partial charge in [0, 0.05) is 11.2 Å². The Morgan fingerprint density at radius 3 is 2.56 bits per heavy atom. The minimum Gasteiger partial charge on any atom is -0.384 e. The van der Waals surface area contributed by atoms with Crippen LogP contribution in [0, 0.1) is 13.8 Å². The fourth-order valence-electron chi connectivity index (χ4n) is 1.71. The van der Waals surface area contributed by atoms with Crippen LogP contribution in [0.4, 0.5) is 5.82 Å². The second kappa shape index (κ2) is 4.14. The molecule has 82 valence electrons. The third kappa shape index (κ3) is 2.02. The Balaban J connectivity index is 2.60. The average molecular weight is 233 g/mol. The molecule has 3 heteroatoms. The van der Waals surface area contributed by atoms with Crippen LogP contribution in [0.1, 0.15) is 11.1 Å². The SMILES string of the molecule is Cc1cc(-c2ccnc(N)c2)c(C)cc1Cl. The number of anilines is 1. The number of rotatable bonds is 1. The standard InChI is InChI=1S/C13H13ClN2/c1-8-6-12(14)9(2)5-11(8)10-3-4-16-13(15)7-10/h3-7H,1-2H3,(H2,15,16). The molecule has 0 saturated heterocycles. The Labute approximate surface area is 100 Å². The highest BCUT2D eigenvalue weighted by Gasteiger charge is 2.05. The van der Waals surface area contributed by atoms with Gasteiger partial charge in [-0.2, -0.15) is 0 Å². The molecule has 1 aromatic carbocycles. The van der Waals surface area contributed by atoms with Crippen LogP contribution in [0.3, 0.4) is 0 Å². The Kier molecular flexibility index (Phi) is 2.84. The van der Waals surface area contributed by atoms with Crippen LogP contribution in [-0.2, 0) is 0 Å². The van der Waals surface area contributed by atoms with Gasteiger partial charge in [0.25, 0.3) is 0 Å². The molecular weight excluding hydrogens is 220 g/mol. The topological polar surface area (TPSA) is 38.9 Å². The van der Waals surface area contributed by atoms with Gasteiger partial charge in [-0.3, -0.25) is 0 Å². The molecule has 0 amide bonds. The van der Waals surface area contributed by atoms with Crippen LogP contribution in [0.15, 0.2) is 30.5 Å². The Bertz CT molecular complexity index is 535. The fourth-order valence-corrected chi connectivity index (χ4v) is 1.93. The van der Waals surface area contributed by atoms with Crippen LogP contribution >= 0.6 is 11.6 Å². The van der Waals surface area contributed by atoms with Crippen LogP contribution in [0.2, 0.25) is 5.02 Å². The van der Waals surface area contributed by atoms with Gasteiger partial charge < -0.3 is 5.73 Å². The van der Waals surface area contributed by atoms with E-state index in [1.807, 2.05) is 32.0 Å². The highest BCUT2D eigenvalue weighted by Crippen LogP contribution is 2.29. The minimum atomic E-state index is 0.532. The smallest absolute Gasteiger partial charge is 0.123 e. The summed E-state index contributed by atoms with van der Waals surface area (Å²) in [4.78, 5) is 3.99. The molecule has 1 aromatic heterocycles. The molecule has 2 nitrogen and oxygen atoms in total. The number of pyridine rings is 1. The number of nitrogens with zero attached hydrogens (tertiary/aromatic N) is 1. The van der Waals surface area contributed by atoms with Crippen LogP contribution in [0.5, 0.6) is 0 Å². The van der Waals surface area contributed by atoms with E-state index < -0.39 is 0 Å². The quantitative estimate of drug-likeness (QED) is 0.816. The van der Waals surface area contributed by atoms with Gasteiger partial charge in [0.1, 0.15) is 5.82 Å². The summed E-state index contributed by atoms with van der Waals surface area (Å²) in [5.74, 6) is 0.532. The largest absolute Gasteiger partial charge is 0.384 e. The van der Waals surface area contributed by atoms with Crippen molar-refractivity contribution >= 4 is 17.4 Å². The van der Waals surface area contributed by atoms with E-state index in [4.69, 9.17) is 17.3 Å². The van der Waals surface area contributed by atoms with E-state index in [-0.39, 0.29) is 0 Å². The van der Waals surface area contributed by atoms with Gasteiger partial charge in [-0.1, -0.05) is 11.6 Å². The van der Waals surface area contributed by atoms with Crippen LogP contribution < -0.4 is 5.73 Å². The van der Waals surface area contributed by atoms with Crippen molar-refractivity contribution in [3.63, 3.8) is 0 Å². The summed E-state index contributed by atoms with van der Waals surface area (Å²) in [6.07, 6.45) is 1.72. The van der Waals surface area contributed by atoms with Gasteiger partial charge in [0.2, 0.25) is 0 Å². The molecule has 2 N–H and O–H groups in total. The Hall–Kier alpha value is -1.54. The molecule has 0 aliphatic carbocycles. The van der Waals surface area contributed by atoms with Crippen molar-refractivity contribution in [2.45, 2.75) is 13.8 Å². The summed E-state index contributed by atoms with van der Waals surface area (Å²) in [6, 6.07) is 7.87. The zero-order valence-electron chi connectivity index (χ0n) is 9.29. The molecule has 0 aliphatic rings. The summed E-state index contributed by atoms with van der Waals surface area (Å²) in [5, 5.41) is 0.795. The van der Waals surface area contributed by atoms with Crippen LogP contribution in [-0.4, -0.2) is 4.98 Å². The number of hydrogen-bond donors (Lipinski definition) is 1. The third-order valence-corrected chi connectivity index (χ3v) is 3.00. The number of nitrogens with two attached hydrogens (primary N) is 1. The van der Waals surface area contributed by atoms with Gasteiger partial charge in [-0.15, -0.1) is 0 Å². The summed E-state index contributed by atoms with van der Waals surface area (Å²) in [7, 11) is 0. The number of hydrogen-bond acceptors (Lipinski definition) is 2. The minimum absolute atomic E-state index is 0.532. The molecule has 2 rings (SSSR count). The van der Waals surface area contributed by atoms with Crippen molar-refractivity contribution in [1.82, 2.24) is 4.98 Å². The lowest BCUT2D eigenvalue weighted by Gasteiger charge is -2.09. The molecule has 1 heterocycles. The Morgan fingerprint density at radius 1 is 1.12 bits per heavy atom. The van der Waals surface area contributed by atoms with Crippen LogP contribution in [0.25, 0.3) is 11.1 Å². The second-order valence-electron chi connectivity index (χ2n) is 3.89. The monoisotopic (exact) mass is 232 g/mol. The first-order valence-electron chi connectivity index (χ1n) is 5.06. The van der Waals surface area contributed by atoms with Gasteiger partial charge in [0.05, 0.1) is 0 Å².